The minimum absolute atomic E-state index is 0.515. The summed E-state index contributed by atoms with van der Waals surface area (Å²) in [6.07, 6.45) is 6.81. The fraction of sp³-hybridized carbons (Fsp3) is 1.00. The number of rotatable bonds is 4. The van der Waals surface area contributed by atoms with Gasteiger partial charge in [-0.25, -0.2) is 0 Å². The van der Waals surface area contributed by atoms with Gasteiger partial charge in [-0.15, -0.1) is 0 Å². The Labute approximate surface area is 98.6 Å². The van der Waals surface area contributed by atoms with Crippen LogP contribution in [0, 0.1) is 5.92 Å². The van der Waals surface area contributed by atoms with E-state index in [1.165, 1.54) is 25.7 Å². The van der Waals surface area contributed by atoms with Crippen molar-refractivity contribution >= 4 is 0 Å². The first kappa shape index (κ1) is 12.3. The van der Waals surface area contributed by atoms with Gasteiger partial charge in [0.05, 0.1) is 5.60 Å². The van der Waals surface area contributed by atoms with Crippen molar-refractivity contribution in [1.29, 1.82) is 0 Å². The van der Waals surface area contributed by atoms with E-state index in [9.17, 15) is 5.11 Å². The number of hydrogen-bond donors (Lipinski definition) is 2. The van der Waals surface area contributed by atoms with Gasteiger partial charge in [0.2, 0.25) is 0 Å². The van der Waals surface area contributed by atoms with Gasteiger partial charge < -0.3 is 15.2 Å². The van der Waals surface area contributed by atoms with Crippen molar-refractivity contribution in [3.8, 4) is 0 Å². The van der Waals surface area contributed by atoms with E-state index in [-0.39, 0.29) is 0 Å². The zero-order valence-corrected chi connectivity index (χ0v) is 10.4. The molecule has 2 aliphatic rings. The van der Waals surface area contributed by atoms with E-state index in [4.69, 9.17) is 4.74 Å². The van der Waals surface area contributed by atoms with Crippen LogP contribution in [0.25, 0.3) is 0 Å². The van der Waals surface area contributed by atoms with Crippen molar-refractivity contribution in [3.63, 3.8) is 0 Å². The van der Waals surface area contributed by atoms with Gasteiger partial charge in [-0.3, -0.25) is 0 Å². The minimum atomic E-state index is -0.515. The van der Waals surface area contributed by atoms with Crippen LogP contribution >= 0.6 is 0 Å². The monoisotopic (exact) mass is 227 g/mol. The van der Waals surface area contributed by atoms with E-state index in [0.717, 1.165) is 25.3 Å². The van der Waals surface area contributed by atoms with Crippen LogP contribution in [0.4, 0.5) is 0 Å². The van der Waals surface area contributed by atoms with E-state index < -0.39 is 5.60 Å². The molecule has 16 heavy (non-hydrogen) atoms. The lowest BCUT2D eigenvalue weighted by Gasteiger charge is -2.34. The Morgan fingerprint density at radius 1 is 1.31 bits per heavy atom. The Hall–Kier alpha value is -0.120. The molecule has 94 valence electrons. The lowest BCUT2D eigenvalue weighted by Crippen LogP contribution is -2.48. The largest absolute Gasteiger partial charge is 0.388 e. The Morgan fingerprint density at radius 2 is 2.06 bits per heavy atom. The average molecular weight is 227 g/mol. The molecular weight excluding hydrogens is 202 g/mol. The number of aliphatic hydroxyl groups is 1. The van der Waals surface area contributed by atoms with Gasteiger partial charge in [0.15, 0.2) is 0 Å². The van der Waals surface area contributed by atoms with Crippen molar-refractivity contribution in [2.45, 2.75) is 57.1 Å². The third-order valence-electron chi connectivity index (χ3n) is 4.30. The summed E-state index contributed by atoms with van der Waals surface area (Å²) in [5, 5.41) is 13.9. The van der Waals surface area contributed by atoms with E-state index in [1.54, 1.807) is 0 Å². The van der Waals surface area contributed by atoms with Crippen LogP contribution in [-0.4, -0.2) is 36.5 Å². The molecule has 1 heterocycles. The van der Waals surface area contributed by atoms with Crippen LogP contribution in [0.1, 0.15) is 45.4 Å². The van der Waals surface area contributed by atoms with Crippen molar-refractivity contribution in [2.24, 2.45) is 5.92 Å². The molecule has 1 aliphatic carbocycles. The Bertz CT molecular complexity index is 214. The Kier molecular flexibility index (Phi) is 4.22. The van der Waals surface area contributed by atoms with Gasteiger partial charge in [0.1, 0.15) is 0 Å². The highest BCUT2D eigenvalue weighted by Crippen LogP contribution is 2.29. The molecule has 2 N–H and O–H groups in total. The molecule has 0 aromatic rings. The summed E-state index contributed by atoms with van der Waals surface area (Å²) < 4.78 is 5.29. The summed E-state index contributed by atoms with van der Waals surface area (Å²) in [6.45, 7) is 4.44. The van der Waals surface area contributed by atoms with Gasteiger partial charge in [-0.2, -0.15) is 0 Å². The van der Waals surface area contributed by atoms with Gasteiger partial charge in [0.25, 0.3) is 0 Å². The van der Waals surface area contributed by atoms with Crippen LogP contribution in [0.5, 0.6) is 0 Å². The standard InChI is InChI=1S/C13H25NO2/c1-2-11-4-3-5-12(11)14-10-13(15)6-8-16-9-7-13/h11-12,14-15H,2-10H2,1H3. The molecule has 1 aliphatic heterocycles. The summed E-state index contributed by atoms with van der Waals surface area (Å²) in [5.74, 6) is 0.823. The predicted octanol–water partition coefficient (Wildman–Crippen LogP) is 1.70. The molecule has 0 amide bonds. The smallest absolute Gasteiger partial charge is 0.0815 e. The van der Waals surface area contributed by atoms with E-state index >= 15 is 0 Å². The van der Waals surface area contributed by atoms with Crippen LogP contribution in [-0.2, 0) is 4.74 Å². The Balaban J connectivity index is 1.77. The normalized spacial score (nSPS) is 34.1. The molecule has 2 rings (SSSR count). The highest BCUT2D eigenvalue weighted by atomic mass is 16.5. The highest BCUT2D eigenvalue weighted by Gasteiger charge is 2.32. The molecule has 1 saturated carbocycles. The number of nitrogens with one attached hydrogen (secondary N) is 1. The van der Waals surface area contributed by atoms with Crippen LogP contribution < -0.4 is 5.32 Å². The molecular formula is C13H25NO2. The SMILES string of the molecule is CCC1CCCC1NCC1(O)CCOCC1. The first-order valence-electron chi connectivity index (χ1n) is 6.77. The van der Waals surface area contributed by atoms with Gasteiger partial charge >= 0.3 is 0 Å². The second-order valence-electron chi connectivity index (χ2n) is 5.42. The molecule has 3 nitrogen and oxygen atoms in total. The van der Waals surface area contributed by atoms with Crippen LogP contribution in [0.15, 0.2) is 0 Å². The second-order valence-corrected chi connectivity index (χ2v) is 5.42. The molecule has 3 heteroatoms. The average Bonchev–Trinajstić information content (AvgIpc) is 2.75. The molecule has 1 saturated heterocycles. The van der Waals surface area contributed by atoms with E-state index in [2.05, 4.69) is 12.2 Å². The third kappa shape index (κ3) is 2.96. The van der Waals surface area contributed by atoms with Gasteiger partial charge in [-0.05, 0) is 18.8 Å². The molecule has 0 aromatic heterocycles. The van der Waals surface area contributed by atoms with Crippen LogP contribution in [0.2, 0.25) is 0 Å². The number of hydrogen-bond acceptors (Lipinski definition) is 3. The summed E-state index contributed by atoms with van der Waals surface area (Å²) in [6, 6.07) is 0.636. The molecule has 2 fully saturated rings. The molecule has 0 bridgehead atoms. The number of ether oxygens (including phenoxy) is 1. The summed E-state index contributed by atoms with van der Waals surface area (Å²) in [7, 11) is 0. The lowest BCUT2D eigenvalue weighted by molar-refractivity contribution is -0.0632. The molecule has 2 atom stereocenters. The maximum atomic E-state index is 10.3. The lowest BCUT2D eigenvalue weighted by atomic mass is 9.93. The van der Waals surface area contributed by atoms with Gasteiger partial charge in [-0.1, -0.05) is 19.8 Å². The molecule has 0 spiro atoms. The Morgan fingerprint density at radius 3 is 2.75 bits per heavy atom. The maximum absolute atomic E-state index is 10.3. The maximum Gasteiger partial charge on any atom is 0.0815 e. The zero-order valence-electron chi connectivity index (χ0n) is 10.4. The molecule has 2 unspecified atom stereocenters. The molecule has 0 aromatic carbocycles. The van der Waals surface area contributed by atoms with Crippen molar-refractivity contribution in [1.82, 2.24) is 5.32 Å². The zero-order chi connectivity index (χ0) is 11.4. The third-order valence-corrected chi connectivity index (χ3v) is 4.30. The quantitative estimate of drug-likeness (QED) is 0.768. The fourth-order valence-electron chi connectivity index (χ4n) is 3.04. The fourth-order valence-corrected chi connectivity index (χ4v) is 3.04. The van der Waals surface area contributed by atoms with Crippen molar-refractivity contribution in [3.05, 3.63) is 0 Å². The summed E-state index contributed by atoms with van der Waals surface area (Å²) in [5.41, 5.74) is -0.515. The van der Waals surface area contributed by atoms with Crippen LogP contribution in [0.3, 0.4) is 0 Å². The summed E-state index contributed by atoms with van der Waals surface area (Å²) in [4.78, 5) is 0. The predicted molar refractivity (Wildman–Crippen MR) is 64.4 cm³/mol. The first-order valence-corrected chi connectivity index (χ1v) is 6.77. The van der Waals surface area contributed by atoms with Gasteiger partial charge in [0, 0.05) is 38.6 Å². The minimum Gasteiger partial charge on any atom is -0.388 e. The highest BCUT2D eigenvalue weighted by molar-refractivity contribution is 4.88. The van der Waals surface area contributed by atoms with Crippen molar-refractivity contribution < 1.29 is 9.84 Å². The summed E-state index contributed by atoms with van der Waals surface area (Å²) >= 11 is 0. The molecule has 0 radical (unpaired) electrons. The first-order chi connectivity index (χ1) is 7.73. The van der Waals surface area contributed by atoms with Crippen molar-refractivity contribution in [2.75, 3.05) is 19.8 Å². The topological polar surface area (TPSA) is 41.5 Å². The van der Waals surface area contributed by atoms with E-state index in [0.29, 0.717) is 19.3 Å². The van der Waals surface area contributed by atoms with E-state index in [1.807, 2.05) is 0 Å². The second kappa shape index (κ2) is 5.48.